The van der Waals surface area contributed by atoms with E-state index in [9.17, 15) is 9.59 Å². The quantitative estimate of drug-likeness (QED) is 0.828. The average molecular weight is 237 g/mol. The summed E-state index contributed by atoms with van der Waals surface area (Å²) in [5, 5.41) is 8.76. The topological polar surface area (TPSA) is 83.4 Å². The van der Waals surface area contributed by atoms with Crippen LogP contribution in [0.1, 0.15) is 23.2 Å². The number of carbonyl (C=O) groups excluding carboxylic acids is 1. The molecule has 0 fully saturated rings. The van der Waals surface area contributed by atoms with Gasteiger partial charge in [0.05, 0.1) is 5.92 Å². The van der Waals surface area contributed by atoms with Crippen LogP contribution in [-0.2, 0) is 4.79 Å². The summed E-state index contributed by atoms with van der Waals surface area (Å²) in [7, 11) is 1.55. The largest absolute Gasteiger partial charge is 0.481 e. The summed E-state index contributed by atoms with van der Waals surface area (Å²) in [6.45, 7) is 3.39. The summed E-state index contributed by atoms with van der Waals surface area (Å²) < 4.78 is 0. The summed E-state index contributed by atoms with van der Waals surface area (Å²) >= 11 is 0. The maximum Gasteiger partial charge on any atom is 0.308 e. The average Bonchev–Trinajstić information content (AvgIpc) is 2.27. The Morgan fingerprint density at radius 3 is 2.71 bits per heavy atom. The van der Waals surface area contributed by atoms with Gasteiger partial charge in [-0.2, -0.15) is 0 Å². The van der Waals surface area contributed by atoms with E-state index in [0.717, 1.165) is 0 Å². The monoisotopic (exact) mass is 237 g/mol. The van der Waals surface area contributed by atoms with Crippen molar-refractivity contribution < 1.29 is 14.7 Å². The van der Waals surface area contributed by atoms with Gasteiger partial charge in [0.2, 0.25) is 0 Å². The first-order valence-electron chi connectivity index (χ1n) is 5.19. The Balaban J connectivity index is 2.73. The number of amides is 1. The maximum atomic E-state index is 11.9. The van der Waals surface area contributed by atoms with Crippen molar-refractivity contribution in [2.24, 2.45) is 5.92 Å². The van der Waals surface area contributed by atoms with E-state index in [1.807, 2.05) is 0 Å². The molecule has 0 bridgehead atoms. The van der Waals surface area contributed by atoms with Crippen LogP contribution in [0, 0.1) is 12.8 Å². The number of rotatable bonds is 4. The third-order valence-electron chi connectivity index (χ3n) is 2.31. The van der Waals surface area contributed by atoms with Crippen LogP contribution >= 0.6 is 0 Å². The van der Waals surface area contributed by atoms with Gasteiger partial charge in [0.15, 0.2) is 0 Å². The zero-order valence-corrected chi connectivity index (χ0v) is 10.0. The molecule has 1 N–H and O–H groups in total. The fourth-order valence-electron chi connectivity index (χ4n) is 1.34. The lowest BCUT2D eigenvalue weighted by molar-refractivity contribution is -0.141. The van der Waals surface area contributed by atoms with Gasteiger partial charge in [0, 0.05) is 19.8 Å². The molecule has 1 rings (SSSR count). The molecule has 6 heteroatoms. The first-order valence-corrected chi connectivity index (χ1v) is 5.19. The van der Waals surface area contributed by atoms with E-state index in [0.29, 0.717) is 5.82 Å². The van der Waals surface area contributed by atoms with Gasteiger partial charge in [-0.3, -0.25) is 9.59 Å². The van der Waals surface area contributed by atoms with Crippen molar-refractivity contribution in [3.8, 4) is 0 Å². The van der Waals surface area contributed by atoms with E-state index in [4.69, 9.17) is 5.11 Å². The lowest BCUT2D eigenvalue weighted by Crippen LogP contribution is -2.34. The van der Waals surface area contributed by atoms with Crippen LogP contribution in [0.5, 0.6) is 0 Å². The molecular weight excluding hydrogens is 222 g/mol. The zero-order chi connectivity index (χ0) is 13.0. The van der Waals surface area contributed by atoms with E-state index in [2.05, 4.69) is 9.97 Å². The molecule has 17 heavy (non-hydrogen) atoms. The second kappa shape index (κ2) is 5.38. The molecule has 0 saturated carbocycles. The highest BCUT2D eigenvalue weighted by Crippen LogP contribution is 2.04. The van der Waals surface area contributed by atoms with Crippen molar-refractivity contribution in [1.29, 1.82) is 0 Å². The number of nitrogens with zero attached hydrogens (tertiary/aromatic N) is 3. The molecular formula is C11H15N3O3. The third kappa shape index (κ3) is 3.51. The number of aromatic nitrogens is 2. The fourth-order valence-corrected chi connectivity index (χ4v) is 1.34. The van der Waals surface area contributed by atoms with Gasteiger partial charge >= 0.3 is 5.97 Å². The SMILES string of the molecule is Cc1nccc(C(=O)N(C)CC(C)C(=O)O)n1. The molecule has 1 heterocycles. The highest BCUT2D eigenvalue weighted by molar-refractivity contribution is 5.92. The Kier molecular flexibility index (Phi) is 4.14. The molecule has 0 aliphatic heterocycles. The fraction of sp³-hybridized carbons (Fsp3) is 0.455. The number of aryl methyl sites for hydroxylation is 1. The van der Waals surface area contributed by atoms with E-state index in [-0.39, 0.29) is 18.1 Å². The lowest BCUT2D eigenvalue weighted by atomic mass is 10.1. The molecule has 0 aromatic carbocycles. The van der Waals surface area contributed by atoms with Crippen LogP contribution in [0.3, 0.4) is 0 Å². The number of carbonyl (C=O) groups is 2. The van der Waals surface area contributed by atoms with Crippen LogP contribution < -0.4 is 0 Å². The Morgan fingerprint density at radius 1 is 1.53 bits per heavy atom. The summed E-state index contributed by atoms with van der Waals surface area (Å²) in [4.78, 5) is 31.8. The van der Waals surface area contributed by atoms with Crippen LogP contribution in [0.15, 0.2) is 12.3 Å². The normalized spacial score (nSPS) is 11.9. The number of hydrogen-bond donors (Lipinski definition) is 1. The van der Waals surface area contributed by atoms with E-state index in [1.54, 1.807) is 20.9 Å². The predicted octanol–water partition coefficient (Wildman–Crippen LogP) is 0.578. The Labute approximate surface area is 99.3 Å². The molecule has 92 valence electrons. The number of hydrogen-bond acceptors (Lipinski definition) is 4. The maximum absolute atomic E-state index is 11.9. The van der Waals surface area contributed by atoms with Crippen molar-refractivity contribution in [2.75, 3.05) is 13.6 Å². The number of aliphatic carboxylic acids is 1. The van der Waals surface area contributed by atoms with Crippen molar-refractivity contribution in [3.63, 3.8) is 0 Å². The molecule has 1 aromatic heterocycles. The zero-order valence-electron chi connectivity index (χ0n) is 10.0. The molecule has 0 aliphatic carbocycles. The smallest absolute Gasteiger partial charge is 0.308 e. The molecule has 1 unspecified atom stereocenters. The highest BCUT2D eigenvalue weighted by atomic mass is 16.4. The van der Waals surface area contributed by atoms with Gasteiger partial charge in [-0.1, -0.05) is 6.92 Å². The first kappa shape index (κ1) is 13.1. The Morgan fingerprint density at radius 2 is 2.18 bits per heavy atom. The van der Waals surface area contributed by atoms with Crippen LogP contribution in [0.4, 0.5) is 0 Å². The number of carboxylic acid groups (broad SMARTS) is 1. The molecule has 0 aliphatic rings. The minimum absolute atomic E-state index is 0.150. The number of carboxylic acids is 1. The minimum Gasteiger partial charge on any atom is -0.481 e. The van der Waals surface area contributed by atoms with Crippen LogP contribution in [-0.4, -0.2) is 45.4 Å². The molecule has 0 saturated heterocycles. The lowest BCUT2D eigenvalue weighted by Gasteiger charge is -2.18. The minimum atomic E-state index is -0.927. The van der Waals surface area contributed by atoms with E-state index in [1.165, 1.54) is 17.2 Å². The van der Waals surface area contributed by atoms with Crippen molar-refractivity contribution in [1.82, 2.24) is 14.9 Å². The standard InChI is InChI=1S/C11H15N3O3/c1-7(11(16)17)6-14(3)10(15)9-4-5-12-8(2)13-9/h4-5,7H,6H2,1-3H3,(H,16,17). The summed E-state index contributed by atoms with van der Waals surface area (Å²) in [5.74, 6) is -1.32. The van der Waals surface area contributed by atoms with Gasteiger partial charge < -0.3 is 10.0 Å². The summed E-state index contributed by atoms with van der Waals surface area (Å²) in [5.41, 5.74) is 0.276. The molecule has 1 amide bonds. The molecule has 1 atom stereocenters. The van der Waals surface area contributed by atoms with Crippen LogP contribution in [0.2, 0.25) is 0 Å². The third-order valence-corrected chi connectivity index (χ3v) is 2.31. The second-order valence-electron chi connectivity index (χ2n) is 3.91. The molecule has 1 aromatic rings. The second-order valence-corrected chi connectivity index (χ2v) is 3.91. The summed E-state index contributed by atoms with van der Waals surface area (Å²) in [6.07, 6.45) is 1.50. The van der Waals surface area contributed by atoms with Gasteiger partial charge in [0.1, 0.15) is 11.5 Å². The van der Waals surface area contributed by atoms with E-state index < -0.39 is 11.9 Å². The predicted molar refractivity (Wildman–Crippen MR) is 60.5 cm³/mol. The van der Waals surface area contributed by atoms with Crippen molar-refractivity contribution in [3.05, 3.63) is 23.8 Å². The summed E-state index contributed by atoms with van der Waals surface area (Å²) in [6, 6.07) is 1.51. The molecule has 6 nitrogen and oxygen atoms in total. The Bertz CT molecular complexity index is 434. The highest BCUT2D eigenvalue weighted by Gasteiger charge is 2.19. The van der Waals surface area contributed by atoms with Gasteiger partial charge in [-0.15, -0.1) is 0 Å². The van der Waals surface area contributed by atoms with Crippen molar-refractivity contribution in [2.45, 2.75) is 13.8 Å². The van der Waals surface area contributed by atoms with E-state index >= 15 is 0 Å². The molecule has 0 radical (unpaired) electrons. The Hall–Kier alpha value is -1.98. The van der Waals surface area contributed by atoms with Gasteiger partial charge in [-0.05, 0) is 13.0 Å². The van der Waals surface area contributed by atoms with Crippen molar-refractivity contribution >= 4 is 11.9 Å². The van der Waals surface area contributed by atoms with Gasteiger partial charge in [-0.25, -0.2) is 9.97 Å². The first-order chi connectivity index (χ1) is 7.91. The van der Waals surface area contributed by atoms with Gasteiger partial charge in [0.25, 0.3) is 5.91 Å². The van der Waals surface area contributed by atoms with Crippen LogP contribution in [0.25, 0.3) is 0 Å². The molecule has 0 spiro atoms.